The van der Waals surface area contributed by atoms with Crippen molar-refractivity contribution >= 4 is 21.8 Å². The van der Waals surface area contributed by atoms with E-state index < -0.39 is 6.10 Å². The fourth-order valence-electron chi connectivity index (χ4n) is 3.91. The molecule has 5 nitrogen and oxygen atoms in total. The van der Waals surface area contributed by atoms with Gasteiger partial charge in [-0.15, -0.1) is 6.42 Å². The molecule has 158 valence electrons. The van der Waals surface area contributed by atoms with Gasteiger partial charge in [-0.05, 0) is 48.2 Å². The molecule has 0 bridgehead atoms. The van der Waals surface area contributed by atoms with E-state index >= 15 is 0 Å². The molecule has 1 aliphatic carbocycles. The van der Waals surface area contributed by atoms with Crippen molar-refractivity contribution in [3.05, 3.63) is 58.1 Å². The van der Waals surface area contributed by atoms with E-state index in [1.54, 1.807) is 19.2 Å². The Bertz CT molecular complexity index is 906. The lowest BCUT2D eigenvalue weighted by molar-refractivity contribution is -0.130. The normalized spacial score (nSPS) is 19.4. The van der Waals surface area contributed by atoms with Crippen molar-refractivity contribution in [2.45, 2.75) is 43.7 Å². The Labute approximate surface area is 185 Å². The number of terminal acetylenes is 1. The van der Waals surface area contributed by atoms with E-state index in [2.05, 4.69) is 27.2 Å². The summed E-state index contributed by atoms with van der Waals surface area (Å²) < 4.78 is 11.9. The van der Waals surface area contributed by atoms with Crippen LogP contribution in [0.15, 0.2) is 46.9 Å². The summed E-state index contributed by atoms with van der Waals surface area (Å²) in [5, 5.41) is 13.6. The van der Waals surface area contributed by atoms with Gasteiger partial charge in [-0.25, -0.2) is 0 Å². The minimum Gasteiger partial charge on any atom is -0.493 e. The topological polar surface area (TPSA) is 67.8 Å². The Hall–Kier alpha value is -2.49. The summed E-state index contributed by atoms with van der Waals surface area (Å²) >= 11 is 3.36. The average molecular weight is 472 g/mol. The maximum atomic E-state index is 12.7. The monoisotopic (exact) mass is 471 g/mol. The number of hydrogen-bond donors (Lipinski definition) is 2. The summed E-state index contributed by atoms with van der Waals surface area (Å²) in [6.07, 6.45) is 8.01. The second-order valence-electron chi connectivity index (χ2n) is 7.36. The zero-order valence-corrected chi connectivity index (χ0v) is 18.5. The maximum absolute atomic E-state index is 12.7. The van der Waals surface area contributed by atoms with Gasteiger partial charge in [-0.2, -0.15) is 0 Å². The van der Waals surface area contributed by atoms with Crippen LogP contribution < -0.4 is 14.8 Å². The van der Waals surface area contributed by atoms with Crippen molar-refractivity contribution in [3.8, 4) is 23.8 Å². The maximum Gasteiger partial charge on any atom is 0.253 e. The van der Waals surface area contributed by atoms with Crippen molar-refractivity contribution in [3.63, 3.8) is 0 Å². The van der Waals surface area contributed by atoms with Gasteiger partial charge >= 0.3 is 0 Å². The molecule has 1 saturated carbocycles. The lowest BCUT2D eigenvalue weighted by atomic mass is 9.79. The van der Waals surface area contributed by atoms with Gasteiger partial charge in [0.2, 0.25) is 0 Å². The Morgan fingerprint density at radius 3 is 2.67 bits per heavy atom. The zero-order chi connectivity index (χ0) is 21.5. The van der Waals surface area contributed by atoms with Crippen LogP contribution in [0.5, 0.6) is 11.5 Å². The first-order chi connectivity index (χ1) is 14.5. The van der Waals surface area contributed by atoms with Gasteiger partial charge in [0.15, 0.2) is 17.6 Å². The first-order valence-corrected chi connectivity index (χ1v) is 10.8. The second-order valence-corrected chi connectivity index (χ2v) is 8.28. The van der Waals surface area contributed by atoms with Crippen LogP contribution in [-0.2, 0) is 4.79 Å². The molecular weight excluding hydrogens is 446 g/mol. The molecule has 0 heterocycles. The van der Waals surface area contributed by atoms with Crippen LogP contribution in [0.3, 0.4) is 0 Å². The lowest BCUT2D eigenvalue weighted by Crippen LogP contribution is -2.43. The van der Waals surface area contributed by atoms with E-state index in [-0.39, 0.29) is 24.5 Å². The van der Waals surface area contributed by atoms with Crippen LogP contribution in [0.25, 0.3) is 0 Å². The molecule has 2 N–H and O–H groups in total. The quantitative estimate of drug-likeness (QED) is 0.589. The summed E-state index contributed by atoms with van der Waals surface area (Å²) in [4.78, 5) is 12.7. The molecule has 3 atom stereocenters. The molecule has 0 spiro atoms. The van der Waals surface area contributed by atoms with Gasteiger partial charge in [-0.1, -0.05) is 52.9 Å². The first kappa shape index (κ1) is 22.2. The first-order valence-electron chi connectivity index (χ1n) is 10.0. The average Bonchev–Trinajstić information content (AvgIpc) is 2.78. The number of aliphatic hydroxyl groups excluding tert-OH is 1. The highest BCUT2D eigenvalue weighted by atomic mass is 79.9. The van der Waals surface area contributed by atoms with Crippen molar-refractivity contribution < 1.29 is 19.4 Å². The number of methoxy groups -OCH3 is 1. The fourth-order valence-corrected chi connectivity index (χ4v) is 4.18. The predicted molar refractivity (Wildman–Crippen MR) is 120 cm³/mol. The molecule has 1 fully saturated rings. The van der Waals surface area contributed by atoms with Gasteiger partial charge in [0, 0.05) is 16.4 Å². The molecule has 1 unspecified atom stereocenters. The van der Waals surface area contributed by atoms with Gasteiger partial charge in [-0.3, -0.25) is 4.79 Å². The SMILES string of the molecule is C#CCOc1ccc([C@@H]2CCCC[C@H]2NC(=O)C(O)c2ccc(Br)cc2)cc1OC. The van der Waals surface area contributed by atoms with Crippen LogP contribution in [0, 0.1) is 12.3 Å². The summed E-state index contributed by atoms with van der Waals surface area (Å²) in [7, 11) is 1.59. The number of hydrogen-bond acceptors (Lipinski definition) is 4. The molecular formula is C24H26BrNO4. The highest BCUT2D eigenvalue weighted by Crippen LogP contribution is 2.38. The highest BCUT2D eigenvalue weighted by molar-refractivity contribution is 9.10. The number of carbonyl (C=O) groups is 1. The Morgan fingerprint density at radius 1 is 1.23 bits per heavy atom. The van der Waals surface area contributed by atoms with Crippen LogP contribution in [0.2, 0.25) is 0 Å². The summed E-state index contributed by atoms with van der Waals surface area (Å²) in [5.41, 5.74) is 1.64. The van der Waals surface area contributed by atoms with Crippen LogP contribution in [-0.4, -0.2) is 30.8 Å². The predicted octanol–water partition coefficient (Wildman–Crippen LogP) is 4.35. The number of ether oxygens (including phenoxy) is 2. The van der Waals surface area contributed by atoms with Crippen LogP contribution in [0.4, 0.5) is 0 Å². The number of rotatable bonds is 7. The van der Waals surface area contributed by atoms with E-state index in [1.807, 2.05) is 30.3 Å². The number of halogens is 1. The third-order valence-electron chi connectivity index (χ3n) is 5.45. The molecule has 1 aliphatic rings. The summed E-state index contributed by atoms with van der Waals surface area (Å²) in [5.74, 6) is 3.42. The van der Waals surface area contributed by atoms with Gasteiger partial charge in [0.05, 0.1) is 7.11 Å². The smallest absolute Gasteiger partial charge is 0.253 e. The van der Waals surface area contributed by atoms with Gasteiger partial charge < -0.3 is 19.9 Å². The number of carbonyl (C=O) groups excluding carboxylic acids is 1. The summed E-state index contributed by atoms with van der Waals surface area (Å²) in [6.45, 7) is 0.172. The second kappa shape index (κ2) is 10.5. The fraction of sp³-hybridized carbons (Fsp3) is 0.375. The number of nitrogens with one attached hydrogen (secondary N) is 1. The Kier molecular flexibility index (Phi) is 7.78. The van der Waals surface area contributed by atoms with Crippen molar-refractivity contribution in [2.24, 2.45) is 0 Å². The van der Waals surface area contributed by atoms with E-state index in [0.29, 0.717) is 17.1 Å². The minimum atomic E-state index is -1.20. The van der Waals surface area contributed by atoms with Gasteiger partial charge in [0.1, 0.15) is 6.61 Å². The molecule has 0 saturated heterocycles. The molecule has 0 radical (unpaired) electrons. The number of aliphatic hydroxyl groups is 1. The number of amides is 1. The Balaban J connectivity index is 1.75. The highest BCUT2D eigenvalue weighted by Gasteiger charge is 2.30. The lowest BCUT2D eigenvalue weighted by Gasteiger charge is -2.33. The standard InChI is InChI=1S/C24H26BrNO4/c1-3-14-30-21-13-10-17(15-22(21)29-2)19-6-4-5-7-20(19)26-24(28)23(27)16-8-11-18(25)12-9-16/h1,8-13,15,19-20,23,27H,4-7,14H2,2H3,(H,26,28)/t19-,20+,23?/m0/s1. The molecule has 2 aromatic carbocycles. The molecule has 1 amide bonds. The molecule has 0 aromatic heterocycles. The van der Waals surface area contributed by atoms with E-state index in [0.717, 1.165) is 35.7 Å². The third-order valence-corrected chi connectivity index (χ3v) is 5.98. The van der Waals surface area contributed by atoms with Crippen molar-refractivity contribution in [1.82, 2.24) is 5.32 Å². The van der Waals surface area contributed by atoms with Crippen molar-refractivity contribution in [2.75, 3.05) is 13.7 Å². The minimum absolute atomic E-state index is 0.0569. The van der Waals surface area contributed by atoms with E-state index in [1.165, 1.54) is 0 Å². The molecule has 0 aliphatic heterocycles. The van der Waals surface area contributed by atoms with Crippen molar-refractivity contribution in [1.29, 1.82) is 0 Å². The van der Waals surface area contributed by atoms with E-state index in [4.69, 9.17) is 15.9 Å². The van der Waals surface area contributed by atoms with E-state index in [9.17, 15) is 9.90 Å². The van der Waals surface area contributed by atoms with Gasteiger partial charge in [0.25, 0.3) is 5.91 Å². The molecule has 3 rings (SSSR count). The molecule has 6 heteroatoms. The molecule has 2 aromatic rings. The van der Waals surface area contributed by atoms with Crippen LogP contribution in [0.1, 0.15) is 48.8 Å². The Morgan fingerprint density at radius 2 is 1.97 bits per heavy atom. The summed E-state index contributed by atoms with van der Waals surface area (Å²) in [6, 6.07) is 12.9. The third kappa shape index (κ3) is 5.35. The molecule has 30 heavy (non-hydrogen) atoms. The number of benzene rings is 2. The zero-order valence-electron chi connectivity index (χ0n) is 16.9. The largest absolute Gasteiger partial charge is 0.493 e. The van der Waals surface area contributed by atoms with Crippen LogP contribution >= 0.6 is 15.9 Å².